The molecule has 0 aliphatic heterocycles. The van der Waals surface area contributed by atoms with Crippen LogP contribution in [-0.4, -0.2) is 34.8 Å². The van der Waals surface area contributed by atoms with Crippen molar-refractivity contribution in [1.29, 1.82) is 0 Å². The first-order valence-corrected chi connectivity index (χ1v) is 12.4. The molecule has 1 amide bonds. The highest BCUT2D eigenvalue weighted by Gasteiger charge is 2.59. The van der Waals surface area contributed by atoms with Gasteiger partial charge < -0.3 is 9.84 Å². The van der Waals surface area contributed by atoms with Gasteiger partial charge in [-0.1, -0.05) is 13.8 Å². The van der Waals surface area contributed by atoms with Gasteiger partial charge in [-0.3, -0.25) is 14.4 Å². The quantitative estimate of drug-likeness (QED) is 0.484. The van der Waals surface area contributed by atoms with Gasteiger partial charge in [-0.2, -0.15) is 5.10 Å². The van der Waals surface area contributed by atoms with Crippen LogP contribution in [0.15, 0.2) is 5.10 Å². The highest BCUT2D eigenvalue weighted by Crippen LogP contribution is 2.65. The van der Waals surface area contributed by atoms with Gasteiger partial charge in [0.1, 0.15) is 6.10 Å². The molecule has 32 heavy (non-hydrogen) atoms. The summed E-state index contributed by atoms with van der Waals surface area (Å²) in [7, 11) is 0. The van der Waals surface area contributed by atoms with E-state index in [0.717, 1.165) is 44.2 Å². The molecule has 0 bridgehead atoms. The fraction of sp³-hybridized carbons (Fsp3) is 0.840. The summed E-state index contributed by atoms with van der Waals surface area (Å²) in [6.45, 7) is 6.34. The monoisotopic (exact) mass is 446 g/mol. The van der Waals surface area contributed by atoms with Crippen LogP contribution >= 0.6 is 0 Å². The van der Waals surface area contributed by atoms with E-state index < -0.39 is 5.97 Å². The lowest BCUT2D eigenvalue weighted by Gasteiger charge is -2.60. The number of fused-ring (bicyclic) bond motifs is 5. The summed E-state index contributed by atoms with van der Waals surface area (Å²) in [6.07, 6.45) is 9.78. The maximum absolute atomic E-state index is 12.0. The number of amides is 1. The summed E-state index contributed by atoms with van der Waals surface area (Å²) in [6, 6.07) is 0. The molecule has 0 heterocycles. The first kappa shape index (κ1) is 23.2. The van der Waals surface area contributed by atoms with Crippen LogP contribution in [0.5, 0.6) is 0 Å². The van der Waals surface area contributed by atoms with Crippen LogP contribution in [0.4, 0.5) is 0 Å². The van der Waals surface area contributed by atoms with Gasteiger partial charge in [-0.25, -0.2) is 5.43 Å². The fourth-order valence-electron chi connectivity index (χ4n) is 7.94. The van der Waals surface area contributed by atoms with Gasteiger partial charge >= 0.3 is 11.9 Å². The number of carboxylic acid groups (broad SMARTS) is 1. The smallest absolute Gasteiger partial charge is 0.303 e. The van der Waals surface area contributed by atoms with Crippen LogP contribution in [-0.2, 0) is 19.1 Å². The van der Waals surface area contributed by atoms with Crippen LogP contribution < -0.4 is 5.43 Å². The van der Waals surface area contributed by atoms with Gasteiger partial charge in [-0.15, -0.1) is 0 Å². The van der Waals surface area contributed by atoms with Crippen molar-refractivity contribution in [2.75, 3.05) is 0 Å². The van der Waals surface area contributed by atoms with Crippen molar-refractivity contribution >= 4 is 23.6 Å². The van der Waals surface area contributed by atoms with Crippen molar-refractivity contribution in [3.8, 4) is 0 Å². The summed E-state index contributed by atoms with van der Waals surface area (Å²) in [5.74, 6) is 1.18. The van der Waals surface area contributed by atoms with Gasteiger partial charge in [0.25, 0.3) is 0 Å². The maximum atomic E-state index is 12.0. The lowest BCUT2D eigenvalue weighted by atomic mass is 9.45. The van der Waals surface area contributed by atoms with E-state index in [9.17, 15) is 14.4 Å². The number of aliphatic carboxylic acids is 1. The van der Waals surface area contributed by atoms with Gasteiger partial charge in [0.05, 0.1) is 6.42 Å². The van der Waals surface area contributed by atoms with E-state index in [4.69, 9.17) is 9.84 Å². The Kier molecular flexibility index (Phi) is 6.38. The molecule has 178 valence electrons. The number of carbonyl (C=O) groups excluding carboxylic acids is 2. The van der Waals surface area contributed by atoms with E-state index in [0.29, 0.717) is 29.1 Å². The minimum atomic E-state index is -0.968. The highest BCUT2D eigenvalue weighted by molar-refractivity contribution is 5.93. The Morgan fingerprint density at radius 1 is 1.06 bits per heavy atom. The van der Waals surface area contributed by atoms with E-state index in [2.05, 4.69) is 24.4 Å². The van der Waals surface area contributed by atoms with Crippen LogP contribution in [0.25, 0.3) is 0 Å². The Labute approximate surface area is 190 Å². The number of ether oxygens (including phenoxy) is 1. The van der Waals surface area contributed by atoms with Gasteiger partial charge in [-0.05, 0) is 86.9 Å². The molecular weight excluding hydrogens is 408 g/mol. The molecule has 0 aromatic heterocycles. The van der Waals surface area contributed by atoms with Crippen LogP contribution in [0.3, 0.4) is 0 Å². The van der Waals surface area contributed by atoms with E-state index >= 15 is 0 Å². The molecule has 2 N–H and O–H groups in total. The average molecular weight is 447 g/mol. The summed E-state index contributed by atoms with van der Waals surface area (Å²) in [4.78, 5) is 34.1. The SMILES string of the molecule is CC(=O)O[C@@H]1CC[C@@]2(C)[C@@H](CC[C@@H]3[C@@H]2CC[C@]2(C)/C(=N\NC(=O)CCC(=O)O)CC[C@@H]32)C1. The van der Waals surface area contributed by atoms with Gasteiger partial charge in [0.15, 0.2) is 0 Å². The zero-order chi connectivity index (χ0) is 23.1. The van der Waals surface area contributed by atoms with Crippen molar-refractivity contribution in [2.24, 2.45) is 39.6 Å². The summed E-state index contributed by atoms with van der Waals surface area (Å²) < 4.78 is 5.58. The molecule has 7 nitrogen and oxygen atoms in total. The molecule has 7 atom stereocenters. The molecule has 0 radical (unpaired) electrons. The van der Waals surface area contributed by atoms with Crippen LogP contribution in [0.2, 0.25) is 0 Å². The molecule has 0 unspecified atom stereocenters. The Balaban J connectivity index is 1.44. The van der Waals surface area contributed by atoms with E-state index in [1.165, 1.54) is 26.2 Å². The number of rotatable bonds is 5. The molecule has 0 aromatic rings. The molecule has 4 saturated carbocycles. The summed E-state index contributed by atoms with van der Waals surface area (Å²) in [5, 5.41) is 13.3. The average Bonchev–Trinajstić information content (AvgIpc) is 3.07. The van der Waals surface area contributed by atoms with Crippen molar-refractivity contribution in [3.63, 3.8) is 0 Å². The van der Waals surface area contributed by atoms with E-state index in [-0.39, 0.29) is 36.2 Å². The molecule has 4 aliphatic carbocycles. The van der Waals surface area contributed by atoms with Crippen molar-refractivity contribution in [2.45, 2.75) is 97.5 Å². The lowest BCUT2D eigenvalue weighted by Crippen LogP contribution is -2.54. The van der Waals surface area contributed by atoms with E-state index in [1.807, 2.05) is 0 Å². The summed E-state index contributed by atoms with van der Waals surface area (Å²) in [5.41, 5.74) is 4.07. The number of hydrogen-bond acceptors (Lipinski definition) is 5. The number of carboxylic acids is 1. The van der Waals surface area contributed by atoms with Gasteiger partial charge in [0, 0.05) is 24.5 Å². The minimum Gasteiger partial charge on any atom is -0.481 e. The number of nitrogens with one attached hydrogen (secondary N) is 1. The molecule has 0 spiro atoms. The largest absolute Gasteiger partial charge is 0.481 e. The first-order chi connectivity index (χ1) is 15.1. The topological polar surface area (TPSA) is 105 Å². The Bertz CT molecular complexity index is 810. The second-order valence-corrected chi connectivity index (χ2v) is 11.1. The standard InChI is InChI=1S/C25H38N2O5/c1-15(28)32-17-10-12-24(2)16(14-17)4-5-18-19-6-7-21(25(19,3)13-11-20(18)24)26-27-22(29)8-9-23(30)31/h16-20H,4-14H2,1-3H3,(H,27,29)(H,30,31)/b26-21-/t16-,17+,18-,19-,20-,24-,25-/m0/s1. The Hall–Kier alpha value is -1.92. The Morgan fingerprint density at radius 2 is 1.84 bits per heavy atom. The maximum Gasteiger partial charge on any atom is 0.303 e. The molecule has 4 fully saturated rings. The molecule has 0 saturated heterocycles. The fourth-order valence-corrected chi connectivity index (χ4v) is 7.94. The normalized spacial score (nSPS) is 41.8. The number of hydrazone groups is 1. The van der Waals surface area contributed by atoms with Crippen LogP contribution in [0, 0.1) is 34.5 Å². The summed E-state index contributed by atoms with van der Waals surface area (Å²) >= 11 is 0. The third-order valence-electron chi connectivity index (χ3n) is 9.57. The zero-order valence-electron chi connectivity index (χ0n) is 19.7. The van der Waals surface area contributed by atoms with E-state index in [1.54, 1.807) is 0 Å². The lowest BCUT2D eigenvalue weighted by molar-refractivity contribution is -0.158. The molecule has 4 aliphatic rings. The number of hydrogen-bond donors (Lipinski definition) is 2. The third-order valence-corrected chi connectivity index (χ3v) is 9.57. The van der Waals surface area contributed by atoms with Crippen molar-refractivity contribution in [3.05, 3.63) is 0 Å². The minimum absolute atomic E-state index is 0.0272. The predicted molar refractivity (Wildman–Crippen MR) is 120 cm³/mol. The first-order valence-electron chi connectivity index (χ1n) is 12.4. The third kappa shape index (κ3) is 4.19. The predicted octanol–water partition coefficient (Wildman–Crippen LogP) is 4.30. The molecular formula is C25H38N2O5. The number of carbonyl (C=O) groups is 3. The number of esters is 1. The number of nitrogens with zero attached hydrogens (tertiary/aromatic N) is 1. The molecule has 4 rings (SSSR count). The highest BCUT2D eigenvalue weighted by atomic mass is 16.5. The zero-order valence-corrected chi connectivity index (χ0v) is 19.7. The van der Waals surface area contributed by atoms with Crippen LogP contribution in [0.1, 0.15) is 91.4 Å². The van der Waals surface area contributed by atoms with Crippen molar-refractivity contribution < 1.29 is 24.2 Å². The van der Waals surface area contributed by atoms with Crippen molar-refractivity contribution in [1.82, 2.24) is 5.43 Å². The Morgan fingerprint density at radius 3 is 2.56 bits per heavy atom. The molecule has 7 heteroatoms. The second kappa shape index (κ2) is 8.79. The molecule has 0 aromatic carbocycles. The van der Waals surface area contributed by atoms with Gasteiger partial charge in [0.2, 0.25) is 5.91 Å². The second-order valence-electron chi connectivity index (χ2n) is 11.1.